The van der Waals surface area contributed by atoms with Gasteiger partial charge in [-0.1, -0.05) is 23.7 Å². The fraction of sp³-hybridized carbons (Fsp3) is 0.0526. The Morgan fingerprint density at radius 3 is 2.45 bits per heavy atom. The molecule has 0 spiro atoms. The summed E-state index contributed by atoms with van der Waals surface area (Å²) < 4.78 is 65.6. The fourth-order valence-electron chi connectivity index (χ4n) is 2.41. The Hall–Kier alpha value is -2.89. The zero-order valence-corrected chi connectivity index (χ0v) is 17.7. The Morgan fingerprint density at radius 2 is 1.84 bits per heavy atom. The predicted molar refractivity (Wildman–Crippen MR) is 113 cm³/mol. The zero-order valence-electron chi connectivity index (χ0n) is 15.4. The van der Waals surface area contributed by atoms with Crippen molar-refractivity contribution in [2.24, 2.45) is 0 Å². The molecule has 0 bridgehead atoms. The van der Waals surface area contributed by atoms with Crippen molar-refractivity contribution in [1.29, 1.82) is 0 Å². The average molecular weight is 488 g/mol. The van der Waals surface area contributed by atoms with E-state index < -0.39 is 32.7 Å². The Morgan fingerprint density at radius 1 is 1.13 bits per heavy atom. The highest BCUT2D eigenvalue weighted by molar-refractivity contribution is 7.93. The molecule has 1 amide bonds. The minimum absolute atomic E-state index is 0.0290. The van der Waals surface area contributed by atoms with Gasteiger partial charge in [-0.3, -0.25) is 9.52 Å². The topological polar surface area (TPSA) is 88.2 Å². The molecule has 2 N–H and O–H groups in total. The minimum Gasteiger partial charge on any atom is -0.323 e. The van der Waals surface area contributed by atoms with E-state index in [0.29, 0.717) is 0 Å². The summed E-state index contributed by atoms with van der Waals surface area (Å²) in [5.41, 5.74) is -0.681. The lowest BCUT2D eigenvalue weighted by Crippen LogP contribution is -2.13. The van der Waals surface area contributed by atoms with Crippen LogP contribution in [-0.2, 0) is 21.0 Å². The maximum absolute atomic E-state index is 12.9. The van der Waals surface area contributed by atoms with Crippen LogP contribution in [0.25, 0.3) is 6.08 Å². The first-order valence-corrected chi connectivity index (χ1v) is 11.2. The van der Waals surface area contributed by atoms with Crippen LogP contribution in [0.5, 0.6) is 0 Å². The van der Waals surface area contributed by atoms with Gasteiger partial charge in [0.2, 0.25) is 5.91 Å². The number of carbonyl (C=O) groups is 1. The SMILES string of the molecule is O=C(/C=C/c1cccc(C(F)(F)F)c1Cl)Nc1ccc(S(=O)(=O)Nc2nccs2)cc1. The summed E-state index contributed by atoms with van der Waals surface area (Å²) in [7, 11) is -3.83. The molecule has 1 heterocycles. The Labute approximate surface area is 184 Å². The van der Waals surface area contributed by atoms with Crippen LogP contribution in [-0.4, -0.2) is 19.3 Å². The molecule has 12 heteroatoms. The van der Waals surface area contributed by atoms with Crippen LogP contribution >= 0.6 is 22.9 Å². The summed E-state index contributed by atoms with van der Waals surface area (Å²) in [6.07, 6.45) is -0.972. The van der Waals surface area contributed by atoms with Gasteiger partial charge in [0.05, 0.1) is 15.5 Å². The molecule has 0 saturated heterocycles. The maximum atomic E-state index is 12.9. The van der Waals surface area contributed by atoms with Gasteiger partial charge >= 0.3 is 6.18 Å². The van der Waals surface area contributed by atoms with Crippen molar-refractivity contribution in [3.8, 4) is 0 Å². The van der Waals surface area contributed by atoms with E-state index in [4.69, 9.17) is 11.6 Å². The van der Waals surface area contributed by atoms with Crippen molar-refractivity contribution < 1.29 is 26.4 Å². The summed E-state index contributed by atoms with van der Waals surface area (Å²) in [6, 6.07) is 8.71. The number of benzene rings is 2. The van der Waals surface area contributed by atoms with Gasteiger partial charge in [0, 0.05) is 23.3 Å². The molecule has 162 valence electrons. The van der Waals surface area contributed by atoms with E-state index in [1.54, 1.807) is 5.38 Å². The third-order valence-corrected chi connectivity index (χ3v) is 6.43. The maximum Gasteiger partial charge on any atom is 0.417 e. The lowest BCUT2D eigenvalue weighted by molar-refractivity contribution is -0.137. The molecule has 3 rings (SSSR count). The molecule has 31 heavy (non-hydrogen) atoms. The van der Waals surface area contributed by atoms with E-state index in [-0.39, 0.29) is 21.3 Å². The smallest absolute Gasteiger partial charge is 0.323 e. The van der Waals surface area contributed by atoms with Gasteiger partial charge in [-0.15, -0.1) is 11.3 Å². The molecule has 0 aliphatic heterocycles. The fourth-order valence-corrected chi connectivity index (χ4v) is 4.50. The first-order chi connectivity index (χ1) is 14.6. The van der Waals surface area contributed by atoms with Gasteiger partial charge in [-0.2, -0.15) is 13.2 Å². The van der Waals surface area contributed by atoms with E-state index in [0.717, 1.165) is 29.6 Å². The highest BCUT2D eigenvalue weighted by Crippen LogP contribution is 2.36. The molecule has 0 fully saturated rings. The van der Waals surface area contributed by atoms with Crippen LogP contribution in [0, 0.1) is 0 Å². The Kier molecular flexibility index (Phi) is 6.68. The number of alkyl halides is 3. The third-order valence-electron chi connectivity index (χ3n) is 3.83. The van der Waals surface area contributed by atoms with E-state index in [1.165, 1.54) is 42.6 Å². The lowest BCUT2D eigenvalue weighted by Gasteiger charge is -2.10. The van der Waals surface area contributed by atoms with Crippen molar-refractivity contribution >= 4 is 55.8 Å². The number of nitrogens with zero attached hydrogens (tertiary/aromatic N) is 1. The Balaban J connectivity index is 1.68. The second-order valence-corrected chi connectivity index (χ2v) is 8.95. The van der Waals surface area contributed by atoms with Crippen LogP contribution in [0.1, 0.15) is 11.1 Å². The molecule has 0 saturated carbocycles. The number of rotatable bonds is 6. The van der Waals surface area contributed by atoms with Crippen LogP contribution in [0.15, 0.2) is 65.0 Å². The third kappa shape index (κ3) is 5.84. The van der Waals surface area contributed by atoms with Gasteiger partial charge in [0.1, 0.15) is 0 Å². The standard InChI is InChI=1S/C19H13ClF3N3O3S2/c20-17-12(2-1-3-15(17)19(21,22)23)4-9-16(27)25-13-5-7-14(8-6-13)31(28,29)26-18-24-10-11-30-18/h1-11H,(H,24,26)(H,25,27)/b9-4+. The van der Waals surface area contributed by atoms with E-state index >= 15 is 0 Å². The largest absolute Gasteiger partial charge is 0.417 e. The molecule has 0 unspecified atom stereocenters. The normalized spacial score (nSPS) is 12.1. The van der Waals surface area contributed by atoms with Crippen molar-refractivity contribution in [3.63, 3.8) is 0 Å². The number of anilines is 2. The molecule has 0 aliphatic rings. The minimum atomic E-state index is -4.61. The first kappa shape index (κ1) is 22.8. The second-order valence-electron chi connectivity index (χ2n) is 6.00. The van der Waals surface area contributed by atoms with Crippen molar-refractivity contribution in [2.75, 3.05) is 10.0 Å². The quantitative estimate of drug-likeness (QED) is 0.464. The monoisotopic (exact) mass is 487 g/mol. The molecule has 2 aromatic carbocycles. The highest BCUT2D eigenvalue weighted by Gasteiger charge is 2.33. The predicted octanol–water partition coefficient (Wildman–Crippen LogP) is 5.27. The molecular formula is C19H13ClF3N3O3S2. The van der Waals surface area contributed by atoms with Gasteiger partial charge in [-0.05, 0) is 42.0 Å². The molecule has 6 nitrogen and oxygen atoms in total. The number of hydrogen-bond donors (Lipinski definition) is 2. The summed E-state index contributed by atoms with van der Waals surface area (Å²) in [5.74, 6) is -0.634. The number of amides is 1. The van der Waals surface area contributed by atoms with E-state index in [2.05, 4.69) is 15.0 Å². The summed E-state index contributed by atoms with van der Waals surface area (Å²) in [5, 5.41) is 3.81. The summed E-state index contributed by atoms with van der Waals surface area (Å²) in [4.78, 5) is 15.9. The molecule has 1 aromatic heterocycles. The zero-order chi connectivity index (χ0) is 22.6. The molecule has 3 aromatic rings. The van der Waals surface area contributed by atoms with Crippen LogP contribution < -0.4 is 10.0 Å². The van der Waals surface area contributed by atoms with Gasteiger partial charge in [0.15, 0.2) is 5.13 Å². The lowest BCUT2D eigenvalue weighted by atomic mass is 10.1. The molecule has 0 atom stereocenters. The molecule has 0 radical (unpaired) electrons. The first-order valence-electron chi connectivity index (χ1n) is 8.43. The van der Waals surface area contributed by atoms with Gasteiger partial charge in [-0.25, -0.2) is 13.4 Å². The van der Waals surface area contributed by atoms with Crippen molar-refractivity contribution in [1.82, 2.24) is 4.98 Å². The number of halogens is 4. The van der Waals surface area contributed by atoms with E-state index in [1.807, 2.05) is 0 Å². The van der Waals surface area contributed by atoms with Crippen molar-refractivity contribution in [3.05, 3.63) is 76.3 Å². The number of carbonyl (C=O) groups excluding carboxylic acids is 1. The average Bonchev–Trinajstić information content (AvgIpc) is 3.19. The molecule has 0 aliphatic carbocycles. The van der Waals surface area contributed by atoms with E-state index in [9.17, 15) is 26.4 Å². The van der Waals surface area contributed by atoms with Crippen molar-refractivity contribution in [2.45, 2.75) is 11.1 Å². The summed E-state index contributed by atoms with van der Waals surface area (Å²) >= 11 is 6.90. The second kappa shape index (κ2) is 9.08. The number of hydrogen-bond acceptors (Lipinski definition) is 5. The van der Waals surface area contributed by atoms with Crippen LogP contribution in [0.3, 0.4) is 0 Å². The number of thiazole rings is 1. The van der Waals surface area contributed by atoms with Gasteiger partial charge < -0.3 is 5.32 Å². The highest BCUT2D eigenvalue weighted by atomic mass is 35.5. The number of nitrogens with one attached hydrogen (secondary N) is 2. The van der Waals surface area contributed by atoms with Gasteiger partial charge in [0.25, 0.3) is 10.0 Å². The molecular weight excluding hydrogens is 475 g/mol. The Bertz CT molecular complexity index is 1210. The summed E-state index contributed by atoms with van der Waals surface area (Å²) in [6.45, 7) is 0. The van der Waals surface area contributed by atoms with Crippen LogP contribution in [0.2, 0.25) is 5.02 Å². The van der Waals surface area contributed by atoms with Crippen LogP contribution in [0.4, 0.5) is 24.0 Å². The number of sulfonamides is 1. The number of aromatic nitrogens is 1.